The average molecular weight is 464 g/mol. The molecule has 1 aromatic heterocycles. The first kappa shape index (κ1) is 16.0. The van der Waals surface area contributed by atoms with Crippen LogP contribution in [0.3, 0.4) is 0 Å². The number of hydrogen-bond donors (Lipinski definition) is 1. The van der Waals surface area contributed by atoms with Gasteiger partial charge >= 0.3 is 5.97 Å². The van der Waals surface area contributed by atoms with Gasteiger partial charge in [0.25, 0.3) is 5.91 Å². The van der Waals surface area contributed by atoms with Crippen LogP contribution in [0.4, 0.5) is 5.69 Å². The van der Waals surface area contributed by atoms with Gasteiger partial charge in [0.2, 0.25) is 0 Å². The van der Waals surface area contributed by atoms with Crippen LogP contribution in [-0.2, 0) is 16.1 Å². The number of hydrogen-bond acceptors (Lipinski definition) is 4. The molecule has 0 saturated carbocycles. The predicted octanol–water partition coefficient (Wildman–Crippen LogP) is 2.68. The van der Waals surface area contributed by atoms with Gasteiger partial charge in [-0.2, -0.15) is 5.10 Å². The maximum absolute atomic E-state index is 12.2. The number of ether oxygens (including phenoxy) is 1. The number of nitrogens with one attached hydrogen (secondary N) is 1. The number of esters is 1. The van der Waals surface area contributed by atoms with Crippen LogP contribution in [0.2, 0.25) is 0 Å². The third-order valence-corrected chi connectivity index (χ3v) is 3.95. The molecule has 1 aromatic carbocycles. The highest BCUT2D eigenvalue weighted by atomic mass is 127. The summed E-state index contributed by atoms with van der Waals surface area (Å²) in [7, 11) is 1.31. The molecule has 2 rings (SSSR count). The standard InChI is InChI=1S/C13H11BrIN3O3/c1-21-12(19)7-18-6-9(5-16-18)17-13(20)10-4-8(15)2-3-11(10)14/h2-6H,7H2,1H3,(H,17,20). The van der Waals surface area contributed by atoms with Gasteiger partial charge in [0.05, 0.1) is 24.6 Å². The van der Waals surface area contributed by atoms with Gasteiger partial charge in [-0.05, 0) is 56.7 Å². The average Bonchev–Trinajstić information content (AvgIpc) is 2.88. The van der Waals surface area contributed by atoms with Crippen LogP contribution in [-0.4, -0.2) is 28.8 Å². The fraction of sp³-hybridized carbons (Fsp3) is 0.154. The van der Waals surface area contributed by atoms with Gasteiger partial charge in [-0.15, -0.1) is 0 Å². The Labute approximate surface area is 143 Å². The van der Waals surface area contributed by atoms with Crippen LogP contribution in [0.25, 0.3) is 0 Å². The van der Waals surface area contributed by atoms with E-state index in [2.05, 4.69) is 53.7 Å². The summed E-state index contributed by atoms with van der Waals surface area (Å²) in [6.45, 7) is -0.000694. The van der Waals surface area contributed by atoms with Gasteiger partial charge in [0, 0.05) is 14.2 Å². The molecule has 1 amide bonds. The van der Waals surface area contributed by atoms with E-state index >= 15 is 0 Å². The van der Waals surface area contributed by atoms with E-state index in [0.717, 1.165) is 3.57 Å². The minimum atomic E-state index is -0.406. The molecule has 0 bridgehead atoms. The number of anilines is 1. The Morgan fingerprint density at radius 2 is 2.24 bits per heavy atom. The summed E-state index contributed by atoms with van der Waals surface area (Å²) in [5, 5.41) is 6.71. The third-order valence-electron chi connectivity index (χ3n) is 2.58. The van der Waals surface area contributed by atoms with Crippen molar-refractivity contribution in [2.24, 2.45) is 0 Å². The lowest BCUT2D eigenvalue weighted by atomic mass is 10.2. The highest BCUT2D eigenvalue weighted by Gasteiger charge is 2.12. The summed E-state index contributed by atoms with van der Waals surface area (Å²) in [6.07, 6.45) is 3.04. The monoisotopic (exact) mass is 463 g/mol. The SMILES string of the molecule is COC(=O)Cn1cc(NC(=O)c2cc(I)ccc2Br)cn1. The number of methoxy groups -OCH3 is 1. The lowest BCUT2D eigenvalue weighted by Gasteiger charge is -2.05. The zero-order valence-electron chi connectivity index (χ0n) is 11.0. The highest BCUT2D eigenvalue weighted by molar-refractivity contribution is 14.1. The van der Waals surface area contributed by atoms with Crippen molar-refractivity contribution in [3.8, 4) is 0 Å². The molecule has 6 nitrogen and oxygen atoms in total. The first-order valence-corrected chi connectivity index (χ1v) is 7.72. The maximum Gasteiger partial charge on any atom is 0.327 e. The van der Waals surface area contributed by atoms with E-state index in [1.807, 2.05) is 12.1 Å². The summed E-state index contributed by atoms with van der Waals surface area (Å²) in [5.41, 5.74) is 1.04. The van der Waals surface area contributed by atoms with Crippen LogP contribution < -0.4 is 5.32 Å². The van der Waals surface area contributed by atoms with Crippen molar-refractivity contribution in [1.82, 2.24) is 9.78 Å². The topological polar surface area (TPSA) is 73.2 Å². The molecule has 110 valence electrons. The van der Waals surface area contributed by atoms with Crippen LogP contribution in [0.5, 0.6) is 0 Å². The lowest BCUT2D eigenvalue weighted by molar-refractivity contribution is -0.141. The quantitative estimate of drug-likeness (QED) is 0.558. The zero-order valence-corrected chi connectivity index (χ0v) is 14.7. The van der Waals surface area contributed by atoms with E-state index in [9.17, 15) is 9.59 Å². The Morgan fingerprint density at radius 3 is 2.95 bits per heavy atom. The lowest BCUT2D eigenvalue weighted by Crippen LogP contribution is -2.13. The van der Waals surface area contributed by atoms with Gasteiger partial charge in [-0.3, -0.25) is 14.3 Å². The number of carbonyl (C=O) groups is 2. The predicted molar refractivity (Wildman–Crippen MR) is 89.1 cm³/mol. The van der Waals surface area contributed by atoms with E-state index in [1.54, 1.807) is 12.3 Å². The summed E-state index contributed by atoms with van der Waals surface area (Å²) < 4.78 is 7.61. The molecular weight excluding hydrogens is 453 g/mol. The molecule has 8 heteroatoms. The fourth-order valence-electron chi connectivity index (χ4n) is 1.58. The summed E-state index contributed by atoms with van der Waals surface area (Å²) >= 11 is 5.48. The second-order valence-corrected chi connectivity index (χ2v) is 6.18. The largest absolute Gasteiger partial charge is 0.468 e. The summed E-state index contributed by atoms with van der Waals surface area (Å²) in [6, 6.07) is 5.49. The number of rotatable bonds is 4. The molecule has 0 radical (unpaired) electrons. The molecule has 2 aromatic rings. The smallest absolute Gasteiger partial charge is 0.327 e. The third kappa shape index (κ3) is 4.27. The van der Waals surface area contributed by atoms with Crippen molar-refractivity contribution in [2.75, 3.05) is 12.4 Å². The number of carbonyl (C=O) groups excluding carboxylic acids is 2. The molecular formula is C13H11BrIN3O3. The molecule has 0 fully saturated rings. The van der Waals surface area contributed by atoms with Gasteiger partial charge in [0.1, 0.15) is 6.54 Å². The minimum Gasteiger partial charge on any atom is -0.468 e. The van der Waals surface area contributed by atoms with Crippen LogP contribution in [0.1, 0.15) is 10.4 Å². The molecule has 1 N–H and O–H groups in total. The first-order valence-electron chi connectivity index (χ1n) is 5.85. The number of nitrogens with zero attached hydrogens (tertiary/aromatic N) is 2. The molecule has 0 aliphatic carbocycles. The molecule has 1 heterocycles. The molecule has 0 unspecified atom stereocenters. The minimum absolute atomic E-state index is 0.000694. The van der Waals surface area contributed by atoms with E-state index in [0.29, 0.717) is 15.7 Å². The Bertz CT molecular complexity index is 687. The van der Waals surface area contributed by atoms with Crippen LogP contribution in [0.15, 0.2) is 35.1 Å². The number of halogens is 2. The second-order valence-electron chi connectivity index (χ2n) is 4.08. The van der Waals surface area contributed by atoms with E-state index < -0.39 is 5.97 Å². The first-order chi connectivity index (χ1) is 9.99. The number of amides is 1. The van der Waals surface area contributed by atoms with Crippen LogP contribution >= 0.6 is 38.5 Å². The molecule has 0 saturated heterocycles. The van der Waals surface area contributed by atoms with Crippen molar-refractivity contribution in [1.29, 1.82) is 0 Å². The normalized spacial score (nSPS) is 10.2. The molecule has 0 aliphatic rings. The van der Waals surface area contributed by atoms with Crippen molar-refractivity contribution in [3.05, 3.63) is 44.2 Å². The molecule has 0 atom stereocenters. The van der Waals surface area contributed by atoms with Gasteiger partial charge in [-0.1, -0.05) is 0 Å². The fourth-order valence-corrected chi connectivity index (χ4v) is 2.50. The molecule has 0 spiro atoms. The summed E-state index contributed by atoms with van der Waals surface area (Å²) in [5.74, 6) is -0.658. The Hall–Kier alpha value is -1.42. The Kier molecular flexibility index (Phi) is 5.34. The van der Waals surface area contributed by atoms with Gasteiger partial charge in [0.15, 0.2) is 0 Å². The Balaban J connectivity index is 2.09. The van der Waals surface area contributed by atoms with Crippen molar-refractivity contribution >= 4 is 56.1 Å². The maximum atomic E-state index is 12.2. The molecule has 21 heavy (non-hydrogen) atoms. The van der Waals surface area contributed by atoms with Gasteiger partial charge in [-0.25, -0.2) is 0 Å². The van der Waals surface area contributed by atoms with Crippen molar-refractivity contribution in [2.45, 2.75) is 6.54 Å². The molecule has 0 aliphatic heterocycles. The van der Waals surface area contributed by atoms with E-state index in [4.69, 9.17) is 0 Å². The highest BCUT2D eigenvalue weighted by Crippen LogP contribution is 2.20. The van der Waals surface area contributed by atoms with E-state index in [-0.39, 0.29) is 12.5 Å². The second kappa shape index (κ2) is 7.03. The number of benzene rings is 1. The van der Waals surface area contributed by atoms with Crippen molar-refractivity contribution in [3.63, 3.8) is 0 Å². The summed E-state index contributed by atoms with van der Waals surface area (Å²) in [4.78, 5) is 23.3. The van der Waals surface area contributed by atoms with Gasteiger partial charge < -0.3 is 10.1 Å². The Morgan fingerprint density at radius 1 is 1.48 bits per heavy atom. The zero-order chi connectivity index (χ0) is 15.4. The number of aromatic nitrogens is 2. The van der Waals surface area contributed by atoms with Crippen LogP contribution in [0, 0.1) is 3.57 Å². The van der Waals surface area contributed by atoms with Crippen molar-refractivity contribution < 1.29 is 14.3 Å². The van der Waals surface area contributed by atoms with E-state index in [1.165, 1.54) is 18.0 Å².